The van der Waals surface area contributed by atoms with E-state index < -0.39 is 0 Å². The first-order valence-electron chi connectivity index (χ1n) is 5.43. The zero-order valence-electron chi connectivity index (χ0n) is 8.87. The van der Waals surface area contributed by atoms with Crippen molar-refractivity contribution >= 4 is 12.4 Å². The standard InChI is InChI=1S/C10H20N2O.ClH/c1-12-7-3-2-5-9(12)10-11-6-4-8-13-10;/h9-11H,2-8H2,1H3;1H. The molecule has 2 aliphatic rings. The predicted octanol–water partition coefficient (Wildman–Crippen LogP) is 1.23. The number of ether oxygens (including phenoxy) is 1. The predicted molar refractivity (Wildman–Crippen MR) is 59.9 cm³/mol. The Hall–Kier alpha value is 0.170. The van der Waals surface area contributed by atoms with Crippen LogP contribution in [-0.4, -0.2) is 43.9 Å². The average molecular weight is 221 g/mol. The first kappa shape index (κ1) is 12.2. The molecule has 2 heterocycles. The molecule has 2 rings (SSSR count). The molecule has 2 saturated heterocycles. The number of likely N-dealkylation sites (N-methyl/N-ethyl adjacent to an activating group) is 1. The fraction of sp³-hybridized carbons (Fsp3) is 1.00. The van der Waals surface area contributed by atoms with Crippen LogP contribution in [0.2, 0.25) is 0 Å². The monoisotopic (exact) mass is 220 g/mol. The summed E-state index contributed by atoms with van der Waals surface area (Å²) in [5.74, 6) is 0. The van der Waals surface area contributed by atoms with Crippen LogP contribution >= 0.6 is 12.4 Å². The van der Waals surface area contributed by atoms with E-state index in [1.54, 1.807) is 0 Å². The lowest BCUT2D eigenvalue weighted by Crippen LogP contribution is -2.54. The molecular formula is C10H21ClN2O. The second-order valence-corrected chi connectivity index (χ2v) is 4.14. The van der Waals surface area contributed by atoms with Crippen LogP contribution in [0.25, 0.3) is 0 Å². The van der Waals surface area contributed by atoms with Gasteiger partial charge in [-0.25, -0.2) is 0 Å². The third-order valence-corrected chi connectivity index (χ3v) is 3.14. The van der Waals surface area contributed by atoms with Crippen molar-refractivity contribution in [2.75, 3.05) is 26.7 Å². The van der Waals surface area contributed by atoms with Gasteiger partial charge in [0.1, 0.15) is 6.23 Å². The third kappa shape index (κ3) is 2.83. The molecule has 2 aliphatic heterocycles. The molecule has 0 saturated carbocycles. The largest absolute Gasteiger partial charge is 0.362 e. The van der Waals surface area contributed by atoms with Crippen molar-refractivity contribution < 1.29 is 4.74 Å². The number of rotatable bonds is 1. The van der Waals surface area contributed by atoms with Crippen molar-refractivity contribution in [2.45, 2.75) is 38.0 Å². The van der Waals surface area contributed by atoms with Crippen LogP contribution in [-0.2, 0) is 4.74 Å². The molecule has 0 aromatic carbocycles. The van der Waals surface area contributed by atoms with E-state index in [0.717, 1.165) is 19.6 Å². The van der Waals surface area contributed by atoms with Crippen LogP contribution < -0.4 is 5.32 Å². The van der Waals surface area contributed by atoms with Gasteiger partial charge in [0.15, 0.2) is 0 Å². The van der Waals surface area contributed by atoms with Crippen LogP contribution in [0, 0.1) is 0 Å². The van der Waals surface area contributed by atoms with Crippen molar-refractivity contribution in [2.24, 2.45) is 0 Å². The fourth-order valence-corrected chi connectivity index (χ4v) is 2.32. The van der Waals surface area contributed by atoms with Gasteiger partial charge < -0.3 is 4.74 Å². The van der Waals surface area contributed by atoms with E-state index in [2.05, 4.69) is 17.3 Å². The molecule has 2 unspecified atom stereocenters. The maximum absolute atomic E-state index is 5.74. The Morgan fingerprint density at radius 1 is 1.29 bits per heavy atom. The highest BCUT2D eigenvalue weighted by atomic mass is 35.5. The van der Waals surface area contributed by atoms with Gasteiger partial charge in [-0.05, 0) is 39.4 Å². The molecule has 0 aromatic rings. The van der Waals surface area contributed by atoms with E-state index in [0.29, 0.717) is 12.3 Å². The number of nitrogens with one attached hydrogen (secondary N) is 1. The number of hydrogen-bond acceptors (Lipinski definition) is 3. The lowest BCUT2D eigenvalue weighted by Gasteiger charge is -2.39. The highest BCUT2D eigenvalue weighted by Gasteiger charge is 2.29. The van der Waals surface area contributed by atoms with E-state index in [1.807, 2.05) is 0 Å². The topological polar surface area (TPSA) is 24.5 Å². The summed E-state index contributed by atoms with van der Waals surface area (Å²) in [4.78, 5) is 2.44. The van der Waals surface area contributed by atoms with Crippen LogP contribution in [0.15, 0.2) is 0 Å². The molecular weight excluding hydrogens is 200 g/mol. The number of hydrogen-bond donors (Lipinski definition) is 1. The second kappa shape index (κ2) is 5.91. The molecule has 0 aliphatic carbocycles. The third-order valence-electron chi connectivity index (χ3n) is 3.14. The summed E-state index contributed by atoms with van der Waals surface area (Å²) in [7, 11) is 2.21. The van der Waals surface area contributed by atoms with Gasteiger partial charge in [-0.15, -0.1) is 12.4 Å². The average Bonchev–Trinajstić information content (AvgIpc) is 2.20. The van der Waals surface area contributed by atoms with Gasteiger partial charge in [-0.3, -0.25) is 10.2 Å². The first-order valence-corrected chi connectivity index (χ1v) is 5.43. The highest BCUT2D eigenvalue weighted by Crippen LogP contribution is 2.19. The molecule has 0 bridgehead atoms. The van der Waals surface area contributed by atoms with Crippen molar-refractivity contribution in [3.63, 3.8) is 0 Å². The van der Waals surface area contributed by atoms with Crippen LogP contribution in [0.5, 0.6) is 0 Å². The molecule has 4 heteroatoms. The highest BCUT2D eigenvalue weighted by molar-refractivity contribution is 5.85. The summed E-state index contributed by atoms with van der Waals surface area (Å²) in [6, 6.07) is 0.606. The molecule has 0 amide bonds. The van der Waals surface area contributed by atoms with Gasteiger partial charge in [-0.2, -0.15) is 0 Å². The Bertz CT molecular complexity index is 162. The number of likely N-dealkylation sites (tertiary alicyclic amines) is 1. The van der Waals surface area contributed by atoms with Gasteiger partial charge >= 0.3 is 0 Å². The quantitative estimate of drug-likeness (QED) is 0.720. The van der Waals surface area contributed by atoms with Crippen LogP contribution in [0.3, 0.4) is 0 Å². The zero-order chi connectivity index (χ0) is 9.10. The van der Waals surface area contributed by atoms with Gasteiger partial charge in [0, 0.05) is 12.6 Å². The lowest BCUT2D eigenvalue weighted by atomic mass is 10.0. The molecule has 3 nitrogen and oxygen atoms in total. The summed E-state index contributed by atoms with van der Waals surface area (Å²) in [5, 5.41) is 3.46. The van der Waals surface area contributed by atoms with Gasteiger partial charge in [0.05, 0.1) is 0 Å². The van der Waals surface area contributed by atoms with E-state index in [1.165, 1.54) is 25.8 Å². The maximum Gasteiger partial charge on any atom is 0.123 e. The van der Waals surface area contributed by atoms with Gasteiger partial charge in [0.25, 0.3) is 0 Å². The Kier molecular flexibility index (Phi) is 5.17. The molecule has 2 atom stereocenters. The molecule has 0 aromatic heterocycles. The smallest absolute Gasteiger partial charge is 0.123 e. The van der Waals surface area contributed by atoms with Crippen LogP contribution in [0.4, 0.5) is 0 Å². The van der Waals surface area contributed by atoms with E-state index in [-0.39, 0.29) is 12.4 Å². The minimum Gasteiger partial charge on any atom is -0.362 e. The summed E-state index contributed by atoms with van der Waals surface area (Å²) >= 11 is 0. The lowest BCUT2D eigenvalue weighted by molar-refractivity contribution is -0.0591. The Morgan fingerprint density at radius 3 is 2.79 bits per heavy atom. The normalized spacial score (nSPS) is 34.9. The molecule has 0 radical (unpaired) electrons. The summed E-state index contributed by atoms with van der Waals surface area (Å²) in [6.07, 6.45) is 5.44. The Balaban J connectivity index is 0.000000980. The van der Waals surface area contributed by atoms with Crippen molar-refractivity contribution in [3.05, 3.63) is 0 Å². The molecule has 2 fully saturated rings. The minimum atomic E-state index is 0. The van der Waals surface area contributed by atoms with E-state index in [9.17, 15) is 0 Å². The van der Waals surface area contributed by atoms with Gasteiger partial charge in [0.2, 0.25) is 0 Å². The molecule has 0 spiro atoms. The fourth-order valence-electron chi connectivity index (χ4n) is 2.32. The molecule has 1 N–H and O–H groups in total. The first-order chi connectivity index (χ1) is 6.38. The minimum absolute atomic E-state index is 0. The second-order valence-electron chi connectivity index (χ2n) is 4.14. The van der Waals surface area contributed by atoms with Crippen molar-refractivity contribution in [1.29, 1.82) is 0 Å². The van der Waals surface area contributed by atoms with E-state index >= 15 is 0 Å². The Labute approximate surface area is 92.6 Å². The SMILES string of the molecule is CN1CCCCC1C1NCCCO1.Cl. The zero-order valence-corrected chi connectivity index (χ0v) is 9.68. The van der Waals surface area contributed by atoms with Crippen molar-refractivity contribution in [1.82, 2.24) is 10.2 Å². The number of nitrogens with zero attached hydrogens (tertiary/aromatic N) is 1. The number of halogens is 1. The summed E-state index contributed by atoms with van der Waals surface area (Å²) < 4.78 is 5.74. The number of piperidine rings is 1. The molecule has 84 valence electrons. The summed E-state index contributed by atoms with van der Waals surface area (Å²) in [6.45, 7) is 3.28. The molecule has 14 heavy (non-hydrogen) atoms. The summed E-state index contributed by atoms with van der Waals surface area (Å²) in [5.41, 5.74) is 0. The maximum atomic E-state index is 5.74. The van der Waals surface area contributed by atoms with Gasteiger partial charge in [-0.1, -0.05) is 6.42 Å². The van der Waals surface area contributed by atoms with Crippen molar-refractivity contribution in [3.8, 4) is 0 Å². The van der Waals surface area contributed by atoms with Crippen LogP contribution in [0.1, 0.15) is 25.7 Å². The Morgan fingerprint density at radius 2 is 2.14 bits per heavy atom. The van der Waals surface area contributed by atoms with E-state index in [4.69, 9.17) is 4.74 Å².